The predicted molar refractivity (Wildman–Crippen MR) is 87.1 cm³/mol. The Hall–Kier alpha value is -1.20. The quantitative estimate of drug-likeness (QED) is 0.764. The number of halogens is 1. The summed E-state index contributed by atoms with van der Waals surface area (Å²) in [6.07, 6.45) is -0.282. The van der Waals surface area contributed by atoms with Gasteiger partial charge in [0.15, 0.2) is 5.78 Å². The second-order valence-corrected chi connectivity index (χ2v) is 6.21. The molecule has 0 amide bonds. The van der Waals surface area contributed by atoms with Crippen LogP contribution in [0.3, 0.4) is 0 Å². The van der Waals surface area contributed by atoms with E-state index in [1.807, 2.05) is 42.6 Å². The number of thiophene rings is 1. The van der Waals surface area contributed by atoms with Gasteiger partial charge >= 0.3 is 0 Å². The summed E-state index contributed by atoms with van der Waals surface area (Å²) in [5.74, 6) is 0.122. The predicted octanol–water partition coefficient (Wildman–Crippen LogP) is 3.69. The van der Waals surface area contributed by atoms with E-state index in [-0.39, 0.29) is 11.8 Å². The first kappa shape index (κ1) is 16.2. The number of carbonyl (C=O) groups excluding carboxylic acids is 1. The molecule has 1 heterocycles. The average molecular weight is 324 g/mol. The van der Waals surface area contributed by atoms with Gasteiger partial charge in [-0.25, -0.2) is 0 Å². The Bertz CT molecular complexity index is 586. The zero-order valence-corrected chi connectivity index (χ0v) is 13.3. The summed E-state index contributed by atoms with van der Waals surface area (Å²) in [6, 6.07) is 10.8. The second-order valence-electron chi connectivity index (χ2n) is 4.86. The highest BCUT2D eigenvalue weighted by Gasteiger charge is 2.18. The van der Waals surface area contributed by atoms with Crippen LogP contribution in [0.4, 0.5) is 0 Å². The Balaban J connectivity index is 1.83. The molecular weight excluding hydrogens is 306 g/mol. The third-order valence-corrected chi connectivity index (χ3v) is 4.57. The molecular formula is C16H18ClNO2S. The van der Waals surface area contributed by atoms with Gasteiger partial charge in [-0.05, 0) is 24.4 Å². The van der Waals surface area contributed by atoms with Crippen LogP contribution in [0.15, 0.2) is 41.8 Å². The second kappa shape index (κ2) is 7.71. The van der Waals surface area contributed by atoms with Gasteiger partial charge in [0, 0.05) is 29.6 Å². The van der Waals surface area contributed by atoms with Crippen LogP contribution in [0.1, 0.15) is 34.7 Å². The van der Waals surface area contributed by atoms with Crippen molar-refractivity contribution in [1.82, 2.24) is 5.32 Å². The van der Waals surface area contributed by atoms with Gasteiger partial charge in [-0.3, -0.25) is 4.79 Å². The summed E-state index contributed by atoms with van der Waals surface area (Å²) in [5.41, 5.74) is 0.698. The van der Waals surface area contributed by atoms with Crippen molar-refractivity contribution in [3.63, 3.8) is 0 Å². The van der Waals surface area contributed by atoms with Gasteiger partial charge < -0.3 is 10.4 Å². The first-order valence-electron chi connectivity index (χ1n) is 6.82. The molecule has 0 spiro atoms. The van der Waals surface area contributed by atoms with E-state index >= 15 is 0 Å². The van der Waals surface area contributed by atoms with Gasteiger partial charge in [0.2, 0.25) is 0 Å². The zero-order chi connectivity index (χ0) is 15.2. The van der Waals surface area contributed by atoms with E-state index in [0.29, 0.717) is 23.6 Å². The van der Waals surface area contributed by atoms with Gasteiger partial charge in [0.05, 0.1) is 11.0 Å². The van der Waals surface area contributed by atoms with Crippen LogP contribution >= 0.6 is 22.9 Å². The summed E-state index contributed by atoms with van der Waals surface area (Å²) < 4.78 is 0. The molecule has 0 aliphatic carbocycles. The molecule has 0 aliphatic rings. The largest absolute Gasteiger partial charge is 0.387 e. The van der Waals surface area contributed by atoms with E-state index in [0.717, 1.165) is 4.88 Å². The average Bonchev–Trinajstić information content (AvgIpc) is 3.01. The number of Topliss-reactive ketones (excluding diaryl/α,β-unsaturated/α-hetero) is 1. The van der Waals surface area contributed by atoms with Crippen molar-refractivity contribution in [3.05, 3.63) is 57.2 Å². The first-order valence-corrected chi connectivity index (χ1v) is 8.08. The molecule has 0 saturated carbocycles. The Kier molecular flexibility index (Phi) is 5.94. The van der Waals surface area contributed by atoms with Crippen molar-refractivity contribution in [2.75, 3.05) is 6.54 Å². The molecule has 2 rings (SSSR count). The lowest BCUT2D eigenvalue weighted by Crippen LogP contribution is -2.33. The fraction of sp³-hybridized carbons (Fsp3) is 0.312. The maximum atomic E-state index is 11.9. The topological polar surface area (TPSA) is 49.3 Å². The third-order valence-electron chi connectivity index (χ3n) is 3.31. The summed E-state index contributed by atoms with van der Waals surface area (Å²) >= 11 is 7.53. The molecule has 2 N–H and O–H groups in total. The SMILES string of the molecule is C[C@@H](NCCC(=O)c1cccs1)[C@@H](O)c1ccccc1Cl. The van der Waals surface area contributed by atoms with Crippen molar-refractivity contribution in [2.45, 2.75) is 25.5 Å². The molecule has 21 heavy (non-hydrogen) atoms. The van der Waals surface area contributed by atoms with Gasteiger partial charge in [-0.1, -0.05) is 35.9 Å². The summed E-state index contributed by atoms with van der Waals surface area (Å²) in [5, 5.41) is 15.9. The molecule has 1 aromatic heterocycles. The number of aliphatic hydroxyl groups excluding tert-OH is 1. The van der Waals surface area contributed by atoms with Crippen molar-refractivity contribution in [3.8, 4) is 0 Å². The van der Waals surface area contributed by atoms with Crippen molar-refractivity contribution >= 4 is 28.7 Å². The van der Waals surface area contributed by atoms with Crippen molar-refractivity contribution in [1.29, 1.82) is 0 Å². The van der Waals surface area contributed by atoms with E-state index in [9.17, 15) is 9.90 Å². The molecule has 2 aromatic rings. The van der Waals surface area contributed by atoms with Gasteiger partial charge in [-0.2, -0.15) is 0 Å². The van der Waals surface area contributed by atoms with E-state index in [1.54, 1.807) is 6.07 Å². The molecule has 0 unspecified atom stereocenters. The summed E-state index contributed by atoms with van der Waals surface area (Å²) in [6.45, 7) is 2.41. The van der Waals surface area contributed by atoms with E-state index in [4.69, 9.17) is 11.6 Å². The molecule has 0 bridgehead atoms. The number of benzene rings is 1. The minimum absolute atomic E-state index is 0.122. The summed E-state index contributed by atoms with van der Waals surface area (Å²) in [7, 11) is 0. The lowest BCUT2D eigenvalue weighted by Gasteiger charge is -2.21. The smallest absolute Gasteiger partial charge is 0.174 e. The maximum Gasteiger partial charge on any atom is 0.174 e. The molecule has 3 nitrogen and oxygen atoms in total. The normalized spacial score (nSPS) is 13.9. The van der Waals surface area contributed by atoms with E-state index in [1.165, 1.54) is 11.3 Å². The van der Waals surface area contributed by atoms with Crippen molar-refractivity contribution in [2.24, 2.45) is 0 Å². The number of carbonyl (C=O) groups is 1. The number of nitrogens with one attached hydrogen (secondary N) is 1. The molecule has 0 saturated heterocycles. The maximum absolute atomic E-state index is 11.9. The Morgan fingerprint density at radius 3 is 2.76 bits per heavy atom. The third kappa shape index (κ3) is 4.38. The highest BCUT2D eigenvalue weighted by atomic mass is 35.5. The molecule has 0 fully saturated rings. The Labute approximate surface area is 133 Å². The minimum Gasteiger partial charge on any atom is -0.387 e. The molecule has 0 aliphatic heterocycles. The van der Waals surface area contributed by atoms with Gasteiger partial charge in [-0.15, -0.1) is 11.3 Å². The first-order chi connectivity index (χ1) is 10.1. The van der Waals surface area contributed by atoms with Crippen LogP contribution in [0.2, 0.25) is 5.02 Å². The number of ketones is 1. The molecule has 0 radical (unpaired) electrons. The minimum atomic E-state index is -0.699. The molecule has 2 atom stereocenters. The van der Waals surface area contributed by atoms with E-state index in [2.05, 4.69) is 5.32 Å². The number of hydrogen-bond donors (Lipinski definition) is 2. The summed E-state index contributed by atoms with van der Waals surface area (Å²) in [4.78, 5) is 12.6. The lowest BCUT2D eigenvalue weighted by molar-refractivity contribution is 0.0976. The van der Waals surface area contributed by atoms with Crippen LogP contribution in [-0.2, 0) is 0 Å². The highest BCUT2D eigenvalue weighted by molar-refractivity contribution is 7.12. The lowest BCUT2D eigenvalue weighted by atomic mass is 10.0. The standard InChI is InChI=1S/C16H18ClNO2S/c1-11(16(20)12-5-2-3-6-13(12)17)18-9-8-14(19)15-7-4-10-21-15/h2-7,10-11,16,18,20H,8-9H2,1H3/t11-,16-/m1/s1. The van der Waals surface area contributed by atoms with Crippen LogP contribution in [0.25, 0.3) is 0 Å². The van der Waals surface area contributed by atoms with Crippen LogP contribution in [0.5, 0.6) is 0 Å². The fourth-order valence-electron chi connectivity index (χ4n) is 2.07. The monoisotopic (exact) mass is 323 g/mol. The highest BCUT2D eigenvalue weighted by Crippen LogP contribution is 2.24. The van der Waals surface area contributed by atoms with Crippen LogP contribution < -0.4 is 5.32 Å². The number of aliphatic hydroxyl groups is 1. The molecule has 5 heteroatoms. The Morgan fingerprint density at radius 1 is 1.33 bits per heavy atom. The van der Waals surface area contributed by atoms with Crippen molar-refractivity contribution < 1.29 is 9.90 Å². The van der Waals surface area contributed by atoms with Crippen LogP contribution in [0, 0.1) is 0 Å². The fourth-order valence-corrected chi connectivity index (χ4v) is 3.01. The van der Waals surface area contributed by atoms with Crippen LogP contribution in [-0.4, -0.2) is 23.5 Å². The van der Waals surface area contributed by atoms with E-state index < -0.39 is 6.10 Å². The molecule has 1 aromatic carbocycles. The van der Waals surface area contributed by atoms with Gasteiger partial charge in [0.1, 0.15) is 0 Å². The number of hydrogen-bond acceptors (Lipinski definition) is 4. The Morgan fingerprint density at radius 2 is 2.10 bits per heavy atom. The molecule has 112 valence electrons. The zero-order valence-electron chi connectivity index (χ0n) is 11.8. The van der Waals surface area contributed by atoms with Gasteiger partial charge in [0.25, 0.3) is 0 Å². The number of rotatable bonds is 7.